The van der Waals surface area contributed by atoms with E-state index in [9.17, 15) is 9.59 Å². The van der Waals surface area contributed by atoms with Crippen molar-refractivity contribution in [2.45, 2.75) is 6.92 Å². The van der Waals surface area contributed by atoms with Crippen molar-refractivity contribution >= 4 is 40.7 Å². The Bertz CT molecular complexity index is 832. The first-order chi connectivity index (χ1) is 13.0. The molecule has 0 radical (unpaired) electrons. The highest BCUT2D eigenvalue weighted by Gasteiger charge is 2.09. The summed E-state index contributed by atoms with van der Waals surface area (Å²) in [7, 11) is 0. The van der Waals surface area contributed by atoms with Crippen LogP contribution in [0, 0.1) is 6.92 Å². The molecule has 0 aliphatic heterocycles. The Balaban J connectivity index is 1.66. The van der Waals surface area contributed by atoms with Crippen LogP contribution in [0.5, 0.6) is 11.5 Å². The zero-order valence-corrected chi connectivity index (χ0v) is 16.0. The topological polar surface area (TPSA) is 88.7 Å². The average molecular weight is 408 g/mol. The van der Waals surface area contributed by atoms with Crippen LogP contribution in [-0.2, 0) is 9.59 Å². The van der Waals surface area contributed by atoms with E-state index in [0.717, 1.165) is 5.56 Å². The molecule has 0 unspecified atom stereocenters. The van der Waals surface area contributed by atoms with Crippen molar-refractivity contribution in [3.05, 3.63) is 59.1 Å². The van der Waals surface area contributed by atoms with E-state index in [4.69, 9.17) is 33.3 Å². The number of ether oxygens (including phenoxy) is 2. The van der Waals surface area contributed by atoms with Crippen LogP contribution in [0.2, 0.25) is 5.02 Å². The molecule has 9 heteroatoms. The standard InChI is InChI=1S/C18H18ClN3O4S/c1-12-6-2-4-8-14(12)25-10-16(23)20-18(27)22-21-17(24)11-26-15-9-5-3-7-13(15)19/h2-9H,10-11H2,1H3,(H,21,24)(H2,20,22,23,27). The first-order valence-corrected chi connectivity index (χ1v) is 8.68. The van der Waals surface area contributed by atoms with E-state index >= 15 is 0 Å². The molecule has 0 aliphatic rings. The molecular weight excluding hydrogens is 390 g/mol. The van der Waals surface area contributed by atoms with Gasteiger partial charge in [0.25, 0.3) is 11.8 Å². The van der Waals surface area contributed by atoms with Crippen LogP contribution >= 0.6 is 23.8 Å². The molecule has 0 bridgehead atoms. The minimum absolute atomic E-state index is 0.0699. The third kappa shape index (κ3) is 7.12. The Morgan fingerprint density at radius 2 is 1.52 bits per heavy atom. The predicted octanol–water partition coefficient (Wildman–Crippen LogP) is 2.13. The van der Waals surface area contributed by atoms with Crippen molar-refractivity contribution in [1.29, 1.82) is 0 Å². The number of carbonyl (C=O) groups is 2. The molecule has 0 spiro atoms. The van der Waals surface area contributed by atoms with Crippen molar-refractivity contribution in [2.75, 3.05) is 13.2 Å². The highest BCUT2D eigenvalue weighted by Crippen LogP contribution is 2.22. The summed E-state index contributed by atoms with van der Waals surface area (Å²) in [5.41, 5.74) is 5.63. The second-order valence-electron chi connectivity index (χ2n) is 5.32. The lowest BCUT2D eigenvalue weighted by Crippen LogP contribution is -2.50. The molecule has 2 rings (SSSR count). The number of amides is 2. The Morgan fingerprint density at radius 3 is 2.22 bits per heavy atom. The largest absolute Gasteiger partial charge is 0.483 e. The smallest absolute Gasteiger partial charge is 0.276 e. The monoisotopic (exact) mass is 407 g/mol. The molecule has 0 heterocycles. The molecular formula is C18H18ClN3O4S. The molecule has 0 aliphatic carbocycles. The number of thiocarbonyl (C=S) groups is 1. The van der Waals surface area contributed by atoms with Gasteiger partial charge in [-0.25, -0.2) is 0 Å². The van der Waals surface area contributed by atoms with Gasteiger partial charge in [-0.1, -0.05) is 41.9 Å². The molecule has 0 fully saturated rings. The Kier molecular flexibility index (Phi) is 7.84. The number of nitrogens with one attached hydrogen (secondary N) is 3. The van der Waals surface area contributed by atoms with Crippen LogP contribution in [-0.4, -0.2) is 30.1 Å². The van der Waals surface area contributed by atoms with Gasteiger partial charge in [0, 0.05) is 0 Å². The summed E-state index contributed by atoms with van der Waals surface area (Å²) in [5.74, 6) is 0.0371. The predicted molar refractivity (Wildman–Crippen MR) is 106 cm³/mol. The van der Waals surface area contributed by atoms with Gasteiger partial charge in [0.2, 0.25) is 0 Å². The third-order valence-corrected chi connectivity index (χ3v) is 3.73. The number of aryl methyl sites for hydroxylation is 1. The van der Waals surface area contributed by atoms with Crippen molar-refractivity contribution in [2.24, 2.45) is 0 Å². The summed E-state index contributed by atoms with van der Waals surface area (Å²) < 4.78 is 10.7. The van der Waals surface area contributed by atoms with Crippen molar-refractivity contribution in [3.8, 4) is 11.5 Å². The molecule has 7 nitrogen and oxygen atoms in total. The SMILES string of the molecule is Cc1ccccc1OCC(=O)NC(=S)NNC(=O)COc1ccccc1Cl. The molecule has 0 aromatic heterocycles. The fourth-order valence-corrected chi connectivity index (χ4v) is 2.28. The summed E-state index contributed by atoms with van der Waals surface area (Å²) in [6.45, 7) is 1.39. The van der Waals surface area contributed by atoms with Gasteiger partial charge in [0.1, 0.15) is 11.5 Å². The number of rotatable bonds is 6. The van der Waals surface area contributed by atoms with Crippen molar-refractivity contribution < 1.29 is 19.1 Å². The Labute approximate surface area is 167 Å². The minimum atomic E-state index is -0.498. The summed E-state index contributed by atoms with van der Waals surface area (Å²) in [4.78, 5) is 23.5. The lowest BCUT2D eigenvalue weighted by Gasteiger charge is -2.12. The second-order valence-corrected chi connectivity index (χ2v) is 6.14. The van der Waals surface area contributed by atoms with E-state index in [1.165, 1.54) is 0 Å². The first kappa shape index (κ1) is 20.5. The van der Waals surface area contributed by atoms with Crippen LogP contribution in [0.25, 0.3) is 0 Å². The van der Waals surface area contributed by atoms with Crippen molar-refractivity contribution in [1.82, 2.24) is 16.2 Å². The number of hydrogen-bond acceptors (Lipinski definition) is 5. The lowest BCUT2D eigenvalue weighted by molar-refractivity contribution is -0.124. The van der Waals surface area contributed by atoms with E-state index < -0.39 is 11.8 Å². The average Bonchev–Trinajstić information content (AvgIpc) is 2.65. The highest BCUT2D eigenvalue weighted by atomic mass is 35.5. The molecule has 142 valence electrons. The van der Waals surface area contributed by atoms with Gasteiger partial charge in [0.05, 0.1) is 5.02 Å². The second kappa shape index (κ2) is 10.3. The van der Waals surface area contributed by atoms with Gasteiger partial charge in [-0.3, -0.25) is 25.8 Å². The van der Waals surface area contributed by atoms with E-state index in [0.29, 0.717) is 16.5 Å². The summed E-state index contributed by atoms with van der Waals surface area (Å²) in [6.07, 6.45) is 0. The zero-order valence-electron chi connectivity index (χ0n) is 14.5. The quantitative estimate of drug-likeness (QED) is 0.502. The number of para-hydroxylation sites is 2. The van der Waals surface area contributed by atoms with Crippen LogP contribution in [0.3, 0.4) is 0 Å². The summed E-state index contributed by atoms with van der Waals surface area (Å²) in [6, 6.07) is 14.1. The molecule has 2 aromatic carbocycles. The normalized spacial score (nSPS) is 9.85. The van der Waals surface area contributed by atoms with E-state index in [2.05, 4.69) is 16.2 Å². The molecule has 0 saturated carbocycles. The zero-order chi connectivity index (χ0) is 19.6. The summed E-state index contributed by atoms with van der Waals surface area (Å²) in [5, 5.41) is 2.72. The number of halogens is 1. The maximum Gasteiger partial charge on any atom is 0.276 e. The molecule has 0 atom stereocenters. The Hall–Kier alpha value is -2.84. The van der Waals surface area contributed by atoms with Gasteiger partial charge in [-0.2, -0.15) is 0 Å². The maximum atomic E-state index is 11.8. The molecule has 2 aromatic rings. The van der Waals surface area contributed by atoms with Gasteiger partial charge in [-0.15, -0.1) is 0 Å². The van der Waals surface area contributed by atoms with Gasteiger partial charge < -0.3 is 9.47 Å². The fourth-order valence-electron chi connectivity index (χ4n) is 1.92. The highest BCUT2D eigenvalue weighted by molar-refractivity contribution is 7.80. The summed E-state index contributed by atoms with van der Waals surface area (Å²) >= 11 is 10.9. The molecule has 2 amide bonds. The van der Waals surface area contributed by atoms with Crippen LogP contribution in [0.4, 0.5) is 0 Å². The van der Waals surface area contributed by atoms with Crippen LogP contribution < -0.4 is 25.6 Å². The number of hydrazine groups is 1. The molecule has 27 heavy (non-hydrogen) atoms. The maximum absolute atomic E-state index is 11.8. The number of carbonyl (C=O) groups excluding carboxylic acids is 2. The number of hydrogen-bond donors (Lipinski definition) is 3. The van der Waals surface area contributed by atoms with Gasteiger partial charge >= 0.3 is 0 Å². The minimum Gasteiger partial charge on any atom is -0.483 e. The van der Waals surface area contributed by atoms with E-state index in [-0.39, 0.29) is 18.3 Å². The van der Waals surface area contributed by atoms with Crippen LogP contribution in [0.15, 0.2) is 48.5 Å². The van der Waals surface area contributed by atoms with E-state index in [1.807, 2.05) is 25.1 Å². The molecule has 0 saturated heterocycles. The van der Waals surface area contributed by atoms with E-state index in [1.54, 1.807) is 30.3 Å². The van der Waals surface area contributed by atoms with Gasteiger partial charge in [-0.05, 0) is 42.9 Å². The first-order valence-electron chi connectivity index (χ1n) is 7.90. The third-order valence-electron chi connectivity index (χ3n) is 3.22. The Morgan fingerprint density at radius 1 is 0.926 bits per heavy atom. The lowest BCUT2D eigenvalue weighted by atomic mass is 10.2. The van der Waals surface area contributed by atoms with Crippen molar-refractivity contribution in [3.63, 3.8) is 0 Å². The van der Waals surface area contributed by atoms with Crippen LogP contribution in [0.1, 0.15) is 5.56 Å². The number of benzene rings is 2. The fraction of sp³-hybridized carbons (Fsp3) is 0.167. The molecule has 3 N–H and O–H groups in total. The van der Waals surface area contributed by atoms with Gasteiger partial charge in [0.15, 0.2) is 18.3 Å².